The highest BCUT2D eigenvalue weighted by Gasteiger charge is 2.16. The molecule has 1 unspecified atom stereocenters. The lowest BCUT2D eigenvalue weighted by atomic mass is 9.97. The van der Waals surface area contributed by atoms with Crippen molar-refractivity contribution in [2.24, 2.45) is 0 Å². The second-order valence-electron chi connectivity index (χ2n) is 4.74. The normalized spacial score (nSPS) is 12.0. The molecule has 0 bridgehead atoms. The van der Waals surface area contributed by atoms with Crippen molar-refractivity contribution in [3.05, 3.63) is 58.1 Å². The summed E-state index contributed by atoms with van der Waals surface area (Å²) >= 11 is 3.52. The van der Waals surface area contributed by atoms with Crippen LogP contribution in [0, 0.1) is 0 Å². The number of rotatable bonds is 6. The van der Waals surface area contributed by atoms with Gasteiger partial charge in [0.15, 0.2) is 0 Å². The first-order valence-electron chi connectivity index (χ1n) is 6.82. The van der Waals surface area contributed by atoms with Gasteiger partial charge in [-0.3, -0.25) is 0 Å². The van der Waals surface area contributed by atoms with Gasteiger partial charge < -0.3 is 14.8 Å². The molecule has 0 radical (unpaired) electrons. The highest BCUT2D eigenvalue weighted by atomic mass is 79.9. The molecule has 0 aliphatic heterocycles. The summed E-state index contributed by atoms with van der Waals surface area (Å²) in [5.74, 6) is 1.79. The summed E-state index contributed by atoms with van der Waals surface area (Å²) < 4.78 is 12.0. The van der Waals surface area contributed by atoms with Crippen LogP contribution >= 0.6 is 15.9 Å². The zero-order chi connectivity index (χ0) is 15.2. The van der Waals surface area contributed by atoms with Gasteiger partial charge >= 0.3 is 0 Å². The Morgan fingerprint density at radius 3 is 2.43 bits per heavy atom. The number of ether oxygens (including phenoxy) is 2. The van der Waals surface area contributed by atoms with E-state index in [9.17, 15) is 0 Å². The van der Waals surface area contributed by atoms with E-state index in [1.54, 1.807) is 14.2 Å². The fourth-order valence-electron chi connectivity index (χ4n) is 2.45. The van der Waals surface area contributed by atoms with E-state index < -0.39 is 0 Å². The van der Waals surface area contributed by atoms with Crippen molar-refractivity contribution in [2.45, 2.75) is 12.5 Å². The van der Waals surface area contributed by atoms with Gasteiger partial charge in [-0.05, 0) is 43.3 Å². The Bertz CT molecular complexity index is 601. The lowest BCUT2D eigenvalue weighted by Crippen LogP contribution is -2.19. The summed E-state index contributed by atoms with van der Waals surface area (Å²) in [6, 6.07) is 14.3. The second kappa shape index (κ2) is 7.48. The minimum absolute atomic E-state index is 0.157. The summed E-state index contributed by atoms with van der Waals surface area (Å²) in [5, 5.41) is 3.36. The third-order valence-electron chi connectivity index (χ3n) is 3.53. The molecule has 0 fully saturated rings. The van der Waals surface area contributed by atoms with Crippen LogP contribution in [0.25, 0.3) is 0 Å². The molecule has 2 aromatic carbocycles. The van der Waals surface area contributed by atoms with E-state index in [0.717, 1.165) is 33.5 Å². The van der Waals surface area contributed by atoms with Crippen molar-refractivity contribution in [1.29, 1.82) is 0 Å². The van der Waals surface area contributed by atoms with E-state index in [2.05, 4.69) is 33.4 Å². The van der Waals surface area contributed by atoms with Crippen molar-refractivity contribution >= 4 is 15.9 Å². The van der Waals surface area contributed by atoms with Crippen molar-refractivity contribution in [1.82, 2.24) is 5.32 Å². The zero-order valence-electron chi connectivity index (χ0n) is 12.5. The molecule has 1 N–H and O–H groups in total. The molecule has 0 aliphatic rings. The molecule has 0 saturated heterocycles. The minimum atomic E-state index is 0.157. The molecule has 0 amide bonds. The number of para-hydroxylation sites is 1. The summed E-state index contributed by atoms with van der Waals surface area (Å²) in [5.41, 5.74) is 2.29. The summed E-state index contributed by atoms with van der Waals surface area (Å²) in [4.78, 5) is 0. The highest BCUT2D eigenvalue weighted by molar-refractivity contribution is 9.10. The van der Waals surface area contributed by atoms with E-state index in [1.807, 2.05) is 37.4 Å². The third kappa shape index (κ3) is 3.77. The molecular formula is C17H20BrNO2. The Kier molecular flexibility index (Phi) is 5.65. The fraction of sp³-hybridized carbons (Fsp3) is 0.294. The number of nitrogens with one attached hydrogen (secondary N) is 1. The maximum Gasteiger partial charge on any atom is 0.123 e. The Balaban J connectivity index is 2.33. The average molecular weight is 350 g/mol. The van der Waals surface area contributed by atoms with Gasteiger partial charge in [-0.1, -0.05) is 34.1 Å². The van der Waals surface area contributed by atoms with Crippen molar-refractivity contribution < 1.29 is 9.47 Å². The molecule has 0 saturated carbocycles. The molecule has 2 rings (SSSR count). The van der Waals surface area contributed by atoms with Crippen LogP contribution in [-0.4, -0.2) is 21.3 Å². The van der Waals surface area contributed by atoms with Gasteiger partial charge in [-0.15, -0.1) is 0 Å². The van der Waals surface area contributed by atoms with E-state index in [4.69, 9.17) is 9.47 Å². The van der Waals surface area contributed by atoms with Gasteiger partial charge in [0.2, 0.25) is 0 Å². The lowest BCUT2D eigenvalue weighted by Gasteiger charge is -2.20. The lowest BCUT2D eigenvalue weighted by molar-refractivity contribution is 0.395. The topological polar surface area (TPSA) is 30.5 Å². The van der Waals surface area contributed by atoms with Crippen molar-refractivity contribution in [2.75, 3.05) is 21.3 Å². The number of halogens is 1. The first kappa shape index (κ1) is 15.9. The van der Waals surface area contributed by atoms with Gasteiger partial charge in [-0.2, -0.15) is 0 Å². The third-order valence-corrected chi connectivity index (χ3v) is 4.02. The van der Waals surface area contributed by atoms with Gasteiger partial charge in [-0.25, -0.2) is 0 Å². The maximum atomic E-state index is 5.47. The fourth-order valence-corrected chi connectivity index (χ4v) is 2.86. The minimum Gasteiger partial charge on any atom is -0.496 e. The van der Waals surface area contributed by atoms with Crippen molar-refractivity contribution in [3.8, 4) is 11.5 Å². The van der Waals surface area contributed by atoms with Crippen LogP contribution < -0.4 is 14.8 Å². The molecule has 0 aliphatic carbocycles. The van der Waals surface area contributed by atoms with E-state index in [1.165, 1.54) is 0 Å². The van der Waals surface area contributed by atoms with Crippen LogP contribution in [0.3, 0.4) is 0 Å². The maximum absolute atomic E-state index is 5.47. The van der Waals surface area contributed by atoms with Gasteiger partial charge in [0.05, 0.1) is 14.2 Å². The molecule has 0 spiro atoms. The van der Waals surface area contributed by atoms with Crippen LogP contribution in [0.2, 0.25) is 0 Å². The largest absolute Gasteiger partial charge is 0.496 e. The predicted molar refractivity (Wildman–Crippen MR) is 89.2 cm³/mol. The number of hydrogen-bond acceptors (Lipinski definition) is 3. The first-order valence-corrected chi connectivity index (χ1v) is 7.61. The number of likely N-dealkylation sites (N-methyl/N-ethyl adjacent to an activating group) is 1. The molecule has 3 nitrogen and oxygen atoms in total. The molecule has 0 heterocycles. The highest BCUT2D eigenvalue weighted by Crippen LogP contribution is 2.31. The molecule has 4 heteroatoms. The molecular weight excluding hydrogens is 330 g/mol. The summed E-state index contributed by atoms with van der Waals surface area (Å²) in [6.45, 7) is 0. The SMILES string of the molecule is CNC(Cc1cc(Br)ccc1OC)c1ccccc1OC. The first-order chi connectivity index (χ1) is 10.2. The Morgan fingerprint density at radius 1 is 1.05 bits per heavy atom. The quantitative estimate of drug-likeness (QED) is 0.855. The Labute approximate surface area is 134 Å². The summed E-state index contributed by atoms with van der Waals surface area (Å²) in [7, 11) is 5.36. The standard InChI is InChI=1S/C17H20BrNO2/c1-19-15(14-6-4-5-7-17(14)21-3)11-12-10-13(18)8-9-16(12)20-2/h4-10,15,19H,11H2,1-3H3. The van der Waals surface area contributed by atoms with E-state index in [0.29, 0.717) is 0 Å². The zero-order valence-corrected chi connectivity index (χ0v) is 14.1. The van der Waals surface area contributed by atoms with Crippen LogP contribution in [0.15, 0.2) is 46.9 Å². The van der Waals surface area contributed by atoms with Crippen molar-refractivity contribution in [3.63, 3.8) is 0 Å². The molecule has 112 valence electrons. The van der Waals surface area contributed by atoms with Gasteiger partial charge in [0, 0.05) is 16.1 Å². The molecule has 1 atom stereocenters. The summed E-state index contributed by atoms with van der Waals surface area (Å²) in [6.07, 6.45) is 0.819. The number of methoxy groups -OCH3 is 2. The molecule has 0 aromatic heterocycles. The van der Waals surface area contributed by atoms with Gasteiger partial charge in [0.25, 0.3) is 0 Å². The van der Waals surface area contributed by atoms with Crippen LogP contribution in [-0.2, 0) is 6.42 Å². The smallest absolute Gasteiger partial charge is 0.123 e. The number of hydrogen-bond donors (Lipinski definition) is 1. The van der Waals surface area contributed by atoms with E-state index >= 15 is 0 Å². The Morgan fingerprint density at radius 2 is 1.76 bits per heavy atom. The van der Waals surface area contributed by atoms with Crippen LogP contribution in [0.1, 0.15) is 17.2 Å². The Hall–Kier alpha value is -1.52. The molecule has 21 heavy (non-hydrogen) atoms. The van der Waals surface area contributed by atoms with Crippen LogP contribution in [0.5, 0.6) is 11.5 Å². The predicted octanol–water partition coefficient (Wildman–Crippen LogP) is 3.97. The monoisotopic (exact) mass is 349 g/mol. The van der Waals surface area contributed by atoms with Gasteiger partial charge in [0.1, 0.15) is 11.5 Å². The average Bonchev–Trinajstić information content (AvgIpc) is 2.52. The van der Waals surface area contributed by atoms with E-state index in [-0.39, 0.29) is 6.04 Å². The second-order valence-corrected chi connectivity index (χ2v) is 5.66. The van der Waals surface area contributed by atoms with Crippen LogP contribution in [0.4, 0.5) is 0 Å². The number of benzene rings is 2. The molecule has 2 aromatic rings.